The van der Waals surface area contributed by atoms with Crippen LogP contribution >= 0.6 is 0 Å². The van der Waals surface area contributed by atoms with Gasteiger partial charge in [0.05, 0.1) is 0 Å². The number of rotatable bonds is 4. The summed E-state index contributed by atoms with van der Waals surface area (Å²) in [6.07, 6.45) is 0.742. The topological polar surface area (TPSA) is 43.9 Å². The highest BCUT2D eigenvalue weighted by molar-refractivity contribution is 5.85. The van der Waals surface area contributed by atoms with Crippen molar-refractivity contribution in [2.75, 3.05) is 0 Å². The number of nitrogens with zero attached hydrogens (tertiary/aromatic N) is 3. The minimum absolute atomic E-state index is 0.578. The van der Waals surface area contributed by atoms with Gasteiger partial charge in [-0.3, -0.25) is 0 Å². The molecule has 0 radical (unpaired) electrons. The molecule has 2 heterocycles. The summed E-state index contributed by atoms with van der Waals surface area (Å²) < 4.78 is 8.02. The maximum Gasteiger partial charge on any atom is 0.264 e. The molecule has 2 aromatic heterocycles. The summed E-state index contributed by atoms with van der Waals surface area (Å²) >= 11 is 0. The van der Waals surface area contributed by atoms with Crippen molar-refractivity contribution in [3.05, 3.63) is 72.1 Å². The summed E-state index contributed by atoms with van der Waals surface area (Å²) in [5.41, 5.74) is 3.37. The SMILES string of the molecule is CCc1nnc(-c2cc3ccccc3n2Cc2ccccc2)o1. The van der Waals surface area contributed by atoms with Gasteiger partial charge in [-0.1, -0.05) is 55.5 Å². The summed E-state index contributed by atoms with van der Waals surface area (Å²) in [5, 5.41) is 9.49. The summed E-state index contributed by atoms with van der Waals surface area (Å²) in [4.78, 5) is 0. The van der Waals surface area contributed by atoms with Crippen molar-refractivity contribution in [2.24, 2.45) is 0 Å². The van der Waals surface area contributed by atoms with Crippen LogP contribution in [-0.4, -0.2) is 14.8 Å². The molecule has 4 nitrogen and oxygen atoms in total. The van der Waals surface area contributed by atoms with Crippen molar-refractivity contribution < 1.29 is 4.42 Å². The number of benzene rings is 2. The number of fused-ring (bicyclic) bond motifs is 1. The van der Waals surface area contributed by atoms with Crippen LogP contribution in [0.1, 0.15) is 18.4 Å². The lowest BCUT2D eigenvalue weighted by Crippen LogP contribution is -2.01. The molecule has 0 saturated heterocycles. The average Bonchev–Trinajstić information content (AvgIpc) is 3.21. The molecule has 0 spiro atoms. The van der Waals surface area contributed by atoms with Crippen molar-refractivity contribution in [2.45, 2.75) is 19.9 Å². The molecule has 0 atom stereocenters. The van der Waals surface area contributed by atoms with Crippen molar-refractivity contribution in [1.29, 1.82) is 0 Å². The first kappa shape index (κ1) is 13.8. The number of hydrogen-bond donors (Lipinski definition) is 0. The van der Waals surface area contributed by atoms with Crippen LogP contribution in [0.3, 0.4) is 0 Å². The van der Waals surface area contributed by atoms with Gasteiger partial charge in [0.25, 0.3) is 5.89 Å². The van der Waals surface area contributed by atoms with E-state index in [0.717, 1.165) is 18.7 Å². The number of para-hydroxylation sites is 1. The first-order valence-corrected chi connectivity index (χ1v) is 7.80. The molecule has 4 rings (SSSR count). The van der Waals surface area contributed by atoms with Crippen molar-refractivity contribution in [1.82, 2.24) is 14.8 Å². The number of hydrogen-bond acceptors (Lipinski definition) is 3. The van der Waals surface area contributed by atoms with E-state index in [0.29, 0.717) is 11.8 Å². The maximum atomic E-state index is 5.78. The van der Waals surface area contributed by atoms with Gasteiger partial charge in [0.2, 0.25) is 5.89 Å². The zero-order chi connectivity index (χ0) is 15.6. The second kappa shape index (κ2) is 5.72. The van der Waals surface area contributed by atoms with E-state index >= 15 is 0 Å². The maximum absolute atomic E-state index is 5.78. The molecule has 0 aliphatic carbocycles. The molecule has 4 heteroatoms. The van der Waals surface area contributed by atoms with Gasteiger partial charge in [0, 0.05) is 23.9 Å². The van der Waals surface area contributed by atoms with Gasteiger partial charge in [-0.05, 0) is 17.7 Å². The van der Waals surface area contributed by atoms with E-state index in [4.69, 9.17) is 4.42 Å². The van der Waals surface area contributed by atoms with Gasteiger partial charge in [-0.25, -0.2) is 0 Å². The Bertz CT molecular complexity index is 938. The van der Waals surface area contributed by atoms with E-state index < -0.39 is 0 Å². The van der Waals surface area contributed by atoms with Crippen molar-refractivity contribution in [3.63, 3.8) is 0 Å². The molecule has 0 unspecified atom stereocenters. The summed E-state index contributed by atoms with van der Waals surface area (Å²) in [6, 6.07) is 20.9. The smallest absolute Gasteiger partial charge is 0.264 e. The van der Waals surface area contributed by atoms with Gasteiger partial charge in [-0.2, -0.15) is 0 Å². The lowest BCUT2D eigenvalue weighted by atomic mass is 10.2. The zero-order valence-electron chi connectivity index (χ0n) is 12.9. The molecule has 0 N–H and O–H groups in total. The fraction of sp³-hybridized carbons (Fsp3) is 0.158. The fourth-order valence-corrected chi connectivity index (χ4v) is 2.82. The molecule has 0 aliphatic rings. The van der Waals surface area contributed by atoms with Crippen LogP contribution in [0.5, 0.6) is 0 Å². The molecular weight excluding hydrogens is 286 g/mol. The zero-order valence-corrected chi connectivity index (χ0v) is 12.9. The Labute approximate surface area is 134 Å². The molecule has 0 bridgehead atoms. The van der Waals surface area contributed by atoms with E-state index in [9.17, 15) is 0 Å². The van der Waals surface area contributed by atoms with Crippen LogP contribution in [0.15, 0.2) is 65.1 Å². The lowest BCUT2D eigenvalue weighted by Gasteiger charge is -2.09. The molecule has 2 aromatic carbocycles. The third kappa shape index (κ3) is 2.52. The summed E-state index contributed by atoms with van der Waals surface area (Å²) in [5.74, 6) is 1.24. The van der Waals surface area contributed by atoms with E-state index in [1.165, 1.54) is 16.5 Å². The monoisotopic (exact) mass is 303 g/mol. The standard InChI is InChI=1S/C19H17N3O/c1-2-18-20-21-19(23-18)17-12-15-10-6-7-11-16(15)22(17)13-14-8-4-3-5-9-14/h3-12H,2,13H2,1H3. The van der Waals surface area contributed by atoms with E-state index in [-0.39, 0.29) is 0 Å². The Morgan fingerprint density at radius 1 is 0.957 bits per heavy atom. The van der Waals surface area contributed by atoms with E-state index in [2.05, 4.69) is 63.3 Å². The Morgan fingerprint density at radius 3 is 2.52 bits per heavy atom. The fourth-order valence-electron chi connectivity index (χ4n) is 2.82. The molecule has 114 valence electrons. The Hall–Kier alpha value is -2.88. The Balaban J connectivity index is 1.87. The van der Waals surface area contributed by atoms with Crippen LogP contribution in [0.25, 0.3) is 22.5 Å². The Morgan fingerprint density at radius 2 is 1.74 bits per heavy atom. The van der Waals surface area contributed by atoms with Crippen molar-refractivity contribution in [3.8, 4) is 11.6 Å². The average molecular weight is 303 g/mol. The van der Waals surface area contributed by atoms with Crippen LogP contribution < -0.4 is 0 Å². The van der Waals surface area contributed by atoms with Crippen LogP contribution in [-0.2, 0) is 13.0 Å². The van der Waals surface area contributed by atoms with Gasteiger partial charge < -0.3 is 8.98 Å². The second-order valence-electron chi connectivity index (χ2n) is 5.51. The van der Waals surface area contributed by atoms with Crippen molar-refractivity contribution >= 4 is 10.9 Å². The van der Waals surface area contributed by atoms with E-state index in [1.54, 1.807) is 0 Å². The number of aromatic nitrogens is 3. The molecule has 4 aromatic rings. The predicted octanol–water partition coefficient (Wildman–Crippen LogP) is 4.30. The van der Waals surface area contributed by atoms with Crippen LogP contribution in [0, 0.1) is 0 Å². The first-order chi connectivity index (χ1) is 11.3. The predicted molar refractivity (Wildman–Crippen MR) is 90.2 cm³/mol. The van der Waals surface area contributed by atoms with Gasteiger partial charge >= 0.3 is 0 Å². The normalized spacial score (nSPS) is 11.2. The summed E-state index contributed by atoms with van der Waals surface area (Å²) in [7, 11) is 0. The molecule has 0 aliphatic heterocycles. The van der Waals surface area contributed by atoms with Gasteiger partial charge in [0.1, 0.15) is 5.69 Å². The van der Waals surface area contributed by atoms with E-state index in [1.807, 2.05) is 19.1 Å². The minimum atomic E-state index is 0.578. The minimum Gasteiger partial charge on any atom is -0.419 e. The molecule has 23 heavy (non-hydrogen) atoms. The highest BCUT2D eigenvalue weighted by Crippen LogP contribution is 2.28. The van der Waals surface area contributed by atoms with Crippen LogP contribution in [0.2, 0.25) is 0 Å². The molecule has 0 amide bonds. The molecular formula is C19H17N3O. The Kier molecular flexibility index (Phi) is 3.42. The molecule has 0 fully saturated rings. The second-order valence-corrected chi connectivity index (χ2v) is 5.51. The van der Waals surface area contributed by atoms with Gasteiger partial charge in [-0.15, -0.1) is 10.2 Å². The van der Waals surface area contributed by atoms with Crippen LogP contribution in [0.4, 0.5) is 0 Å². The summed E-state index contributed by atoms with van der Waals surface area (Å²) in [6.45, 7) is 2.78. The number of aryl methyl sites for hydroxylation is 1. The van der Waals surface area contributed by atoms with Gasteiger partial charge in [0.15, 0.2) is 0 Å². The third-order valence-electron chi connectivity index (χ3n) is 3.98. The quantitative estimate of drug-likeness (QED) is 0.564. The third-order valence-corrected chi connectivity index (χ3v) is 3.98. The molecule has 0 saturated carbocycles. The lowest BCUT2D eigenvalue weighted by molar-refractivity contribution is 0.509. The largest absolute Gasteiger partial charge is 0.419 e. The first-order valence-electron chi connectivity index (χ1n) is 7.80. The highest BCUT2D eigenvalue weighted by Gasteiger charge is 2.16. The highest BCUT2D eigenvalue weighted by atomic mass is 16.4.